The second kappa shape index (κ2) is 10.3. The molecule has 0 saturated heterocycles. The van der Waals surface area contributed by atoms with Crippen molar-refractivity contribution >= 4 is 52.2 Å². The quantitative estimate of drug-likeness (QED) is 0.218. The van der Waals surface area contributed by atoms with Gasteiger partial charge in [-0.05, 0) is 55.8 Å². The van der Waals surface area contributed by atoms with Crippen molar-refractivity contribution in [3.8, 4) is 0 Å². The third-order valence-corrected chi connectivity index (χ3v) is 5.75. The van der Waals surface area contributed by atoms with Crippen LogP contribution in [-0.2, 0) is 12.0 Å². The van der Waals surface area contributed by atoms with E-state index in [9.17, 15) is 5.11 Å². The molecule has 2 heterocycles. The highest BCUT2D eigenvalue weighted by molar-refractivity contribution is 14.0. The Kier molecular flexibility index (Phi) is 8.33. The van der Waals surface area contributed by atoms with E-state index in [1.165, 1.54) is 22.0 Å². The van der Waals surface area contributed by atoms with Crippen molar-refractivity contribution in [2.75, 3.05) is 19.6 Å². The molecule has 0 spiro atoms. The summed E-state index contributed by atoms with van der Waals surface area (Å²) in [5, 5.41) is 20.6. The summed E-state index contributed by atoms with van der Waals surface area (Å²) in [6.07, 6.45) is 2.99. The summed E-state index contributed by atoms with van der Waals surface area (Å²) in [6.45, 7) is 7.85. The van der Waals surface area contributed by atoms with Crippen LogP contribution in [0, 0.1) is 6.92 Å². The molecular weight excluding hydrogens is 483 g/mol. The maximum absolute atomic E-state index is 10.7. The average Bonchev–Trinajstić information content (AvgIpc) is 3.31. The summed E-state index contributed by atoms with van der Waals surface area (Å²) in [5.41, 5.74) is 2.82. The van der Waals surface area contributed by atoms with Crippen LogP contribution in [0.3, 0.4) is 0 Å². The van der Waals surface area contributed by atoms with Crippen LogP contribution in [0.15, 0.2) is 46.9 Å². The Labute approximate surface area is 187 Å². The molecule has 4 N–H and O–H groups in total. The van der Waals surface area contributed by atoms with E-state index >= 15 is 0 Å². The zero-order valence-electron chi connectivity index (χ0n) is 16.6. The van der Waals surface area contributed by atoms with E-state index in [0.29, 0.717) is 6.54 Å². The Balaban J connectivity index is 0.00000280. The first-order valence-corrected chi connectivity index (χ1v) is 10.2. The fraction of sp³-hybridized carbons (Fsp3) is 0.381. The van der Waals surface area contributed by atoms with E-state index in [2.05, 4.69) is 51.9 Å². The summed E-state index contributed by atoms with van der Waals surface area (Å²) in [6, 6.07) is 10.2. The number of halogens is 1. The lowest BCUT2D eigenvalue weighted by Gasteiger charge is -2.20. The summed E-state index contributed by atoms with van der Waals surface area (Å²) in [4.78, 5) is 8.86. The van der Waals surface area contributed by atoms with Crippen LogP contribution in [0.5, 0.6) is 0 Å². The smallest absolute Gasteiger partial charge is 0.191 e. The topological polar surface area (TPSA) is 72.4 Å². The molecule has 5 nitrogen and oxygen atoms in total. The van der Waals surface area contributed by atoms with Gasteiger partial charge in [-0.1, -0.05) is 18.2 Å². The van der Waals surface area contributed by atoms with E-state index in [1.807, 2.05) is 24.4 Å². The van der Waals surface area contributed by atoms with Crippen molar-refractivity contribution in [2.24, 2.45) is 4.99 Å². The summed E-state index contributed by atoms with van der Waals surface area (Å²) >= 11 is 1.55. The standard InChI is InChI=1S/C21H28N4OS.HI/c1-4-22-20(25-14-21(3,26)18-9-6-12-27-18)23-11-10-16-13-24-17-8-5-7-15(2)19(16)17;/h5-9,12-13,24,26H,4,10-11,14H2,1-3H3,(H2,22,23,25);1H. The van der Waals surface area contributed by atoms with Crippen LogP contribution in [0.25, 0.3) is 10.9 Å². The van der Waals surface area contributed by atoms with Gasteiger partial charge in [-0.3, -0.25) is 0 Å². The third-order valence-electron chi connectivity index (χ3n) is 4.62. The van der Waals surface area contributed by atoms with E-state index in [0.717, 1.165) is 30.3 Å². The molecule has 28 heavy (non-hydrogen) atoms. The Hall–Kier alpha value is -1.58. The summed E-state index contributed by atoms with van der Waals surface area (Å²) < 4.78 is 0. The lowest BCUT2D eigenvalue weighted by atomic mass is 10.1. The minimum Gasteiger partial charge on any atom is -0.383 e. The van der Waals surface area contributed by atoms with Crippen molar-refractivity contribution in [2.45, 2.75) is 32.8 Å². The number of H-pyrrole nitrogens is 1. The number of nitrogens with one attached hydrogen (secondary N) is 3. The molecule has 0 aliphatic heterocycles. The molecule has 0 aliphatic carbocycles. The maximum Gasteiger partial charge on any atom is 0.191 e. The number of hydrogen-bond acceptors (Lipinski definition) is 3. The van der Waals surface area contributed by atoms with Gasteiger partial charge < -0.3 is 20.7 Å². The van der Waals surface area contributed by atoms with Crippen LogP contribution < -0.4 is 10.6 Å². The normalized spacial score (nSPS) is 13.8. The molecule has 1 unspecified atom stereocenters. The van der Waals surface area contributed by atoms with Crippen molar-refractivity contribution in [1.29, 1.82) is 0 Å². The van der Waals surface area contributed by atoms with Gasteiger partial charge in [0.15, 0.2) is 5.96 Å². The van der Waals surface area contributed by atoms with Gasteiger partial charge in [0.2, 0.25) is 0 Å². The molecule has 0 fully saturated rings. The van der Waals surface area contributed by atoms with Crippen molar-refractivity contribution in [1.82, 2.24) is 15.6 Å². The fourth-order valence-corrected chi connectivity index (χ4v) is 3.98. The molecule has 0 bridgehead atoms. The van der Waals surface area contributed by atoms with Crippen LogP contribution in [-0.4, -0.2) is 35.7 Å². The van der Waals surface area contributed by atoms with E-state index < -0.39 is 5.60 Å². The van der Waals surface area contributed by atoms with Gasteiger partial charge in [0.1, 0.15) is 5.60 Å². The Morgan fingerprint density at radius 1 is 1.25 bits per heavy atom. The molecule has 0 aliphatic rings. The lowest BCUT2D eigenvalue weighted by Crippen LogP contribution is -2.39. The first kappa shape index (κ1) is 22.7. The van der Waals surface area contributed by atoms with Crippen molar-refractivity contribution in [3.63, 3.8) is 0 Å². The predicted molar refractivity (Wildman–Crippen MR) is 130 cm³/mol. The number of guanidine groups is 1. The number of thiophene rings is 1. The minimum atomic E-state index is -0.954. The number of aryl methyl sites for hydroxylation is 1. The van der Waals surface area contributed by atoms with Gasteiger partial charge in [-0.25, -0.2) is 4.99 Å². The van der Waals surface area contributed by atoms with Crippen LogP contribution in [0.1, 0.15) is 29.9 Å². The van der Waals surface area contributed by atoms with Crippen LogP contribution in [0.2, 0.25) is 0 Å². The first-order chi connectivity index (χ1) is 13.0. The largest absolute Gasteiger partial charge is 0.383 e. The van der Waals surface area contributed by atoms with E-state index in [-0.39, 0.29) is 24.0 Å². The Bertz CT molecular complexity index is 902. The number of nitrogens with zero attached hydrogens (tertiary/aromatic N) is 1. The molecule has 1 atom stereocenters. The molecule has 2 aromatic heterocycles. The zero-order valence-corrected chi connectivity index (χ0v) is 19.7. The van der Waals surface area contributed by atoms with Gasteiger partial charge in [-0.2, -0.15) is 0 Å². The molecule has 1 aromatic carbocycles. The monoisotopic (exact) mass is 512 g/mol. The van der Waals surface area contributed by atoms with E-state index in [4.69, 9.17) is 0 Å². The molecule has 3 aromatic rings. The Morgan fingerprint density at radius 3 is 2.79 bits per heavy atom. The highest BCUT2D eigenvalue weighted by atomic mass is 127. The van der Waals surface area contributed by atoms with Gasteiger partial charge in [0.05, 0.1) is 6.54 Å². The van der Waals surface area contributed by atoms with Crippen LogP contribution >= 0.6 is 35.3 Å². The zero-order chi connectivity index (χ0) is 19.3. The van der Waals surface area contributed by atoms with E-state index in [1.54, 1.807) is 18.3 Å². The van der Waals surface area contributed by atoms with Gasteiger partial charge in [-0.15, -0.1) is 35.3 Å². The van der Waals surface area contributed by atoms with Gasteiger partial charge in [0.25, 0.3) is 0 Å². The number of aliphatic imine (C=N–C) groups is 1. The molecule has 0 radical (unpaired) electrons. The number of aliphatic hydroxyl groups is 1. The van der Waals surface area contributed by atoms with Crippen molar-refractivity contribution in [3.05, 3.63) is 57.9 Å². The molecule has 7 heteroatoms. The number of aromatic amines is 1. The van der Waals surface area contributed by atoms with Gasteiger partial charge >= 0.3 is 0 Å². The third kappa shape index (κ3) is 5.48. The molecular formula is C21H29IN4OS. The van der Waals surface area contributed by atoms with Gasteiger partial charge in [0, 0.05) is 35.1 Å². The van der Waals surface area contributed by atoms with Crippen molar-refractivity contribution < 1.29 is 5.11 Å². The minimum absolute atomic E-state index is 0. The molecule has 0 amide bonds. The lowest BCUT2D eigenvalue weighted by molar-refractivity contribution is 0.0711. The number of fused-ring (bicyclic) bond motifs is 1. The number of aromatic nitrogens is 1. The molecule has 0 saturated carbocycles. The fourth-order valence-electron chi connectivity index (χ4n) is 3.20. The highest BCUT2D eigenvalue weighted by Crippen LogP contribution is 2.25. The second-order valence-corrected chi connectivity index (χ2v) is 7.88. The SMILES string of the molecule is CCNC(=NCC(C)(O)c1cccs1)NCCc1c[nH]c2cccc(C)c12.I. The molecule has 3 rings (SSSR count). The number of hydrogen-bond donors (Lipinski definition) is 4. The predicted octanol–water partition coefficient (Wildman–Crippen LogP) is 4.16. The maximum atomic E-state index is 10.7. The number of benzene rings is 1. The average molecular weight is 512 g/mol. The van der Waals surface area contributed by atoms with Crippen LogP contribution in [0.4, 0.5) is 0 Å². The molecule has 152 valence electrons. The Morgan fingerprint density at radius 2 is 2.07 bits per heavy atom. The first-order valence-electron chi connectivity index (χ1n) is 9.35. The second-order valence-electron chi connectivity index (χ2n) is 6.93. The summed E-state index contributed by atoms with van der Waals surface area (Å²) in [5.74, 6) is 0.728. The number of rotatable bonds is 7. The highest BCUT2D eigenvalue weighted by Gasteiger charge is 2.24. The summed E-state index contributed by atoms with van der Waals surface area (Å²) in [7, 11) is 0.